The maximum atomic E-state index is 12.3. The van der Waals surface area contributed by atoms with Gasteiger partial charge in [-0.3, -0.25) is 19.4 Å². The van der Waals surface area contributed by atoms with Gasteiger partial charge in [-0.05, 0) is 30.3 Å². The highest BCUT2D eigenvalue weighted by molar-refractivity contribution is 6.33. The highest BCUT2D eigenvalue weighted by atomic mass is 35.5. The number of hydrogen-bond donors (Lipinski definition) is 2. The van der Waals surface area contributed by atoms with Gasteiger partial charge in [0.25, 0.3) is 5.56 Å². The first kappa shape index (κ1) is 20.8. The van der Waals surface area contributed by atoms with Crippen molar-refractivity contribution in [2.45, 2.75) is 6.54 Å². The van der Waals surface area contributed by atoms with E-state index in [1.807, 2.05) is 12.1 Å². The zero-order valence-electron chi connectivity index (χ0n) is 16.2. The summed E-state index contributed by atoms with van der Waals surface area (Å²) in [7, 11) is 0. The molecule has 1 saturated heterocycles. The standard InChI is InChI=1S/C21H21Cl2N5O2/c22-14-5-6-15-18(11-14)24-19(26-21(15)30)12-27-7-9-28(10-8-27)13-20(29)25-17-4-2-1-3-16(17)23/h1-6,11H,7-10,12-13H2,(H,25,29)(H,24,26,30). The number of nitrogens with zero attached hydrogens (tertiary/aromatic N) is 3. The van der Waals surface area contributed by atoms with Crippen molar-refractivity contribution in [3.63, 3.8) is 0 Å². The number of carbonyl (C=O) groups excluding carboxylic acids is 1. The van der Waals surface area contributed by atoms with E-state index < -0.39 is 0 Å². The number of aromatic nitrogens is 2. The predicted molar refractivity (Wildman–Crippen MR) is 119 cm³/mol. The van der Waals surface area contributed by atoms with Crippen LogP contribution in [-0.2, 0) is 11.3 Å². The number of piperazine rings is 1. The van der Waals surface area contributed by atoms with Gasteiger partial charge in [0.1, 0.15) is 5.82 Å². The summed E-state index contributed by atoms with van der Waals surface area (Å²) in [6.45, 7) is 3.90. The van der Waals surface area contributed by atoms with E-state index in [0.717, 1.165) is 26.2 Å². The summed E-state index contributed by atoms with van der Waals surface area (Å²) in [6, 6.07) is 12.2. The number of fused-ring (bicyclic) bond motifs is 1. The smallest absolute Gasteiger partial charge is 0.258 e. The van der Waals surface area contributed by atoms with Crippen LogP contribution in [0, 0.1) is 0 Å². The number of aromatic amines is 1. The van der Waals surface area contributed by atoms with Crippen molar-refractivity contribution in [1.82, 2.24) is 19.8 Å². The molecular formula is C21H21Cl2N5O2. The molecule has 2 N–H and O–H groups in total. The first-order valence-corrected chi connectivity index (χ1v) is 10.4. The summed E-state index contributed by atoms with van der Waals surface area (Å²) in [4.78, 5) is 36.3. The van der Waals surface area contributed by atoms with E-state index in [9.17, 15) is 9.59 Å². The second-order valence-electron chi connectivity index (χ2n) is 7.25. The fourth-order valence-electron chi connectivity index (χ4n) is 3.51. The van der Waals surface area contributed by atoms with E-state index in [-0.39, 0.29) is 11.5 Å². The molecule has 0 atom stereocenters. The largest absolute Gasteiger partial charge is 0.324 e. The van der Waals surface area contributed by atoms with Crippen molar-refractivity contribution in [3.05, 3.63) is 68.7 Å². The fourth-order valence-corrected chi connectivity index (χ4v) is 3.86. The van der Waals surface area contributed by atoms with Gasteiger partial charge in [0.15, 0.2) is 0 Å². The predicted octanol–water partition coefficient (Wildman–Crippen LogP) is 2.99. The monoisotopic (exact) mass is 445 g/mol. The molecular weight excluding hydrogens is 425 g/mol. The van der Waals surface area contributed by atoms with Crippen LogP contribution in [0.25, 0.3) is 10.9 Å². The van der Waals surface area contributed by atoms with Gasteiger partial charge < -0.3 is 10.3 Å². The van der Waals surface area contributed by atoms with E-state index in [1.54, 1.807) is 30.3 Å². The Morgan fingerprint density at radius 1 is 1.07 bits per heavy atom. The molecule has 2 heterocycles. The van der Waals surface area contributed by atoms with E-state index in [4.69, 9.17) is 23.2 Å². The number of amides is 1. The zero-order chi connectivity index (χ0) is 21.1. The number of rotatable bonds is 5. The van der Waals surface area contributed by atoms with Crippen molar-refractivity contribution < 1.29 is 4.79 Å². The number of halogens is 2. The molecule has 1 aliphatic rings. The summed E-state index contributed by atoms with van der Waals surface area (Å²) in [5, 5.41) is 4.45. The number of anilines is 1. The van der Waals surface area contributed by atoms with Gasteiger partial charge in [-0.1, -0.05) is 35.3 Å². The molecule has 9 heteroatoms. The maximum absolute atomic E-state index is 12.3. The maximum Gasteiger partial charge on any atom is 0.258 e. The summed E-state index contributed by atoms with van der Waals surface area (Å²) in [5.41, 5.74) is 1.05. The molecule has 4 rings (SSSR count). The molecule has 0 spiro atoms. The van der Waals surface area contributed by atoms with Gasteiger partial charge in [0.05, 0.1) is 34.7 Å². The number of carbonyl (C=O) groups is 1. The van der Waals surface area contributed by atoms with Crippen molar-refractivity contribution in [3.8, 4) is 0 Å². The molecule has 1 fully saturated rings. The summed E-state index contributed by atoms with van der Waals surface area (Å²) >= 11 is 12.1. The van der Waals surface area contributed by atoms with Crippen LogP contribution in [-0.4, -0.2) is 58.4 Å². The summed E-state index contributed by atoms with van der Waals surface area (Å²) in [5.74, 6) is 0.522. The molecule has 0 bridgehead atoms. The van der Waals surface area contributed by atoms with E-state index in [0.29, 0.717) is 45.5 Å². The minimum Gasteiger partial charge on any atom is -0.324 e. The Morgan fingerprint density at radius 3 is 2.57 bits per heavy atom. The second-order valence-corrected chi connectivity index (χ2v) is 8.10. The average molecular weight is 446 g/mol. The third-order valence-electron chi connectivity index (χ3n) is 5.07. The quantitative estimate of drug-likeness (QED) is 0.630. The molecule has 30 heavy (non-hydrogen) atoms. The van der Waals surface area contributed by atoms with E-state index in [1.165, 1.54) is 0 Å². The minimum absolute atomic E-state index is 0.0889. The van der Waals surface area contributed by atoms with Crippen molar-refractivity contribution in [1.29, 1.82) is 0 Å². The van der Waals surface area contributed by atoms with Gasteiger partial charge in [0.2, 0.25) is 5.91 Å². The van der Waals surface area contributed by atoms with Crippen LogP contribution in [0.4, 0.5) is 5.69 Å². The number of benzene rings is 2. The molecule has 1 aliphatic heterocycles. The van der Waals surface area contributed by atoms with Crippen molar-refractivity contribution >= 4 is 45.7 Å². The minimum atomic E-state index is -0.165. The lowest BCUT2D eigenvalue weighted by atomic mass is 10.2. The highest BCUT2D eigenvalue weighted by Gasteiger charge is 2.20. The van der Waals surface area contributed by atoms with Crippen LogP contribution < -0.4 is 10.9 Å². The third kappa shape index (κ3) is 4.99. The molecule has 3 aromatic rings. The lowest BCUT2D eigenvalue weighted by Gasteiger charge is -2.33. The second kappa shape index (κ2) is 9.14. The Morgan fingerprint density at radius 2 is 1.80 bits per heavy atom. The van der Waals surface area contributed by atoms with Crippen LogP contribution in [0.15, 0.2) is 47.3 Å². The van der Waals surface area contributed by atoms with Crippen LogP contribution in [0.3, 0.4) is 0 Å². The Bertz CT molecular complexity index is 1130. The van der Waals surface area contributed by atoms with Gasteiger partial charge in [-0.25, -0.2) is 4.98 Å². The summed E-state index contributed by atoms with van der Waals surface area (Å²) in [6.07, 6.45) is 0. The normalized spacial score (nSPS) is 15.4. The molecule has 1 aromatic heterocycles. The molecule has 0 aliphatic carbocycles. The van der Waals surface area contributed by atoms with Gasteiger partial charge in [-0.2, -0.15) is 0 Å². The van der Waals surface area contributed by atoms with Gasteiger partial charge in [-0.15, -0.1) is 0 Å². The fraction of sp³-hybridized carbons (Fsp3) is 0.286. The molecule has 7 nitrogen and oxygen atoms in total. The van der Waals surface area contributed by atoms with E-state index >= 15 is 0 Å². The van der Waals surface area contributed by atoms with Gasteiger partial charge in [0, 0.05) is 31.2 Å². The zero-order valence-corrected chi connectivity index (χ0v) is 17.7. The van der Waals surface area contributed by atoms with Crippen LogP contribution >= 0.6 is 23.2 Å². The molecule has 0 radical (unpaired) electrons. The Kier molecular flexibility index (Phi) is 6.34. The molecule has 0 unspecified atom stereocenters. The SMILES string of the molecule is O=C(CN1CCN(Cc2nc3cc(Cl)ccc3c(=O)[nH]2)CC1)Nc1ccccc1Cl. The number of nitrogens with one attached hydrogen (secondary N) is 2. The Balaban J connectivity index is 1.31. The van der Waals surface area contributed by atoms with Crippen LogP contribution in [0.5, 0.6) is 0 Å². The number of para-hydroxylation sites is 1. The summed E-state index contributed by atoms with van der Waals surface area (Å²) < 4.78 is 0. The number of H-pyrrole nitrogens is 1. The van der Waals surface area contributed by atoms with E-state index in [2.05, 4.69) is 25.1 Å². The first-order chi connectivity index (χ1) is 14.5. The average Bonchev–Trinajstić information content (AvgIpc) is 2.71. The molecule has 0 saturated carbocycles. The third-order valence-corrected chi connectivity index (χ3v) is 5.64. The van der Waals surface area contributed by atoms with Crippen molar-refractivity contribution in [2.24, 2.45) is 0 Å². The topological polar surface area (TPSA) is 81.3 Å². The van der Waals surface area contributed by atoms with Crippen LogP contribution in [0.1, 0.15) is 5.82 Å². The lowest BCUT2D eigenvalue weighted by Crippen LogP contribution is -2.48. The highest BCUT2D eigenvalue weighted by Crippen LogP contribution is 2.20. The van der Waals surface area contributed by atoms with Crippen molar-refractivity contribution in [2.75, 3.05) is 38.0 Å². The van der Waals surface area contributed by atoms with Crippen LogP contribution in [0.2, 0.25) is 10.0 Å². The molecule has 1 amide bonds. The lowest BCUT2D eigenvalue weighted by molar-refractivity contribution is -0.117. The first-order valence-electron chi connectivity index (χ1n) is 9.65. The molecule has 2 aromatic carbocycles. The molecule has 156 valence electrons. The van der Waals surface area contributed by atoms with Gasteiger partial charge >= 0.3 is 0 Å². The number of hydrogen-bond acceptors (Lipinski definition) is 5. The Hall–Kier alpha value is -2.45. The Labute approximate surface area is 183 Å².